The zero-order valence-electron chi connectivity index (χ0n) is 10.2. The molecule has 1 aromatic rings. The van der Waals surface area contributed by atoms with Crippen LogP contribution < -0.4 is 10.6 Å². The minimum atomic E-state index is 0.235. The fourth-order valence-electron chi connectivity index (χ4n) is 2.05. The average Bonchev–Trinajstić information content (AvgIpc) is 2.28. The van der Waals surface area contributed by atoms with Crippen molar-refractivity contribution >= 4 is 23.4 Å². The van der Waals surface area contributed by atoms with E-state index in [4.69, 9.17) is 17.3 Å². The van der Waals surface area contributed by atoms with Gasteiger partial charge < -0.3 is 10.6 Å². The van der Waals surface area contributed by atoms with Gasteiger partial charge in [0.15, 0.2) is 0 Å². The molecule has 0 aliphatic carbocycles. The summed E-state index contributed by atoms with van der Waals surface area (Å²) in [6.45, 7) is 8.42. The highest BCUT2D eigenvalue weighted by molar-refractivity contribution is 6.29. The van der Waals surface area contributed by atoms with Crippen molar-refractivity contribution in [2.75, 3.05) is 36.8 Å². The summed E-state index contributed by atoms with van der Waals surface area (Å²) in [7, 11) is 0. The first-order chi connectivity index (χ1) is 8.06. The average molecular weight is 256 g/mol. The molecule has 1 saturated heterocycles. The Kier molecular flexibility index (Phi) is 3.69. The van der Waals surface area contributed by atoms with Crippen molar-refractivity contribution in [2.45, 2.75) is 19.9 Å². The van der Waals surface area contributed by atoms with Crippen molar-refractivity contribution < 1.29 is 0 Å². The second kappa shape index (κ2) is 5.06. The van der Waals surface area contributed by atoms with E-state index in [2.05, 4.69) is 33.6 Å². The number of piperazine rings is 1. The summed E-state index contributed by atoms with van der Waals surface area (Å²) in [5, 5.41) is 0.402. The third-order valence-corrected chi connectivity index (χ3v) is 3.26. The monoisotopic (exact) mass is 255 g/mol. The number of hydrogen-bond donors (Lipinski definition) is 1. The fourth-order valence-corrected chi connectivity index (χ4v) is 2.24. The van der Waals surface area contributed by atoms with Gasteiger partial charge in [0, 0.05) is 38.3 Å². The summed E-state index contributed by atoms with van der Waals surface area (Å²) < 4.78 is 0. The molecule has 94 valence electrons. The minimum Gasteiger partial charge on any atom is -0.368 e. The van der Waals surface area contributed by atoms with Gasteiger partial charge in [-0.3, -0.25) is 4.90 Å². The normalized spacial score (nSPS) is 17.8. The van der Waals surface area contributed by atoms with Crippen LogP contribution in [0, 0.1) is 0 Å². The number of nitrogen functional groups attached to an aromatic ring is 1. The molecule has 1 aliphatic heterocycles. The molecule has 0 bridgehead atoms. The van der Waals surface area contributed by atoms with Crippen molar-refractivity contribution in [3.05, 3.63) is 11.2 Å². The molecule has 0 unspecified atom stereocenters. The molecule has 0 spiro atoms. The Morgan fingerprint density at radius 3 is 2.41 bits per heavy atom. The van der Waals surface area contributed by atoms with Crippen LogP contribution in [0.5, 0.6) is 0 Å². The van der Waals surface area contributed by atoms with Crippen LogP contribution in [-0.2, 0) is 0 Å². The van der Waals surface area contributed by atoms with Crippen LogP contribution in [0.3, 0.4) is 0 Å². The van der Waals surface area contributed by atoms with Gasteiger partial charge in [0.2, 0.25) is 5.95 Å². The largest absolute Gasteiger partial charge is 0.368 e. The summed E-state index contributed by atoms with van der Waals surface area (Å²) in [4.78, 5) is 12.7. The fraction of sp³-hybridized carbons (Fsp3) is 0.636. The predicted molar refractivity (Wildman–Crippen MR) is 70.4 cm³/mol. The van der Waals surface area contributed by atoms with Gasteiger partial charge in [0.1, 0.15) is 11.0 Å². The molecule has 0 amide bonds. The zero-order valence-corrected chi connectivity index (χ0v) is 11.0. The quantitative estimate of drug-likeness (QED) is 0.806. The Hall–Kier alpha value is -1.07. The highest BCUT2D eigenvalue weighted by atomic mass is 35.5. The maximum absolute atomic E-state index is 5.88. The maximum atomic E-state index is 5.88. The summed E-state index contributed by atoms with van der Waals surface area (Å²) in [6.07, 6.45) is 0. The molecule has 1 fully saturated rings. The molecular weight excluding hydrogens is 238 g/mol. The molecule has 1 aromatic heterocycles. The Morgan fingerprint density at radius 1 is 1.24 bits per heavy atom. The van der Waals surface area contributed by atoms with E-state index in [0.717, 1.165) is 32.0 Å². The number of hydrogen-bond acceptors (Lipinski definition) is 5. The molecule has 0 saturated carbocycles. The summed E-state index contributed by atoms with van der Waals surface area (Å²) in [5.41, 5.74) is 5.60. The van der Waals surface area contributed by atoms with Gasteiger partial charge in [-0.25, -0.2) is 4.98 Å². The number of anilines is 2. The number of aromatic nitrogens is 2. The summed E-state index contributed by atoms with van der Waals surface area (Å²) in [5.74, 6) is 1.06. The molecule has 2 heterocycles. The Morgan fingerprint density at radius 2 is 1.88 bits per heavy atom. The molecule has 1 aliphatic rings. The SMILES string of the molecule is CC(C)N1CCN(c2cc(Cl)nc(N)n2)CC1. The summed E-state index contributed by atoms with van der Waals surface area (Å²) >= 11 is 5.88. The third kappa shape index (κ3) is 2.98. The van der Waals surface area contributed by atoms with E-state index in [9.17, 15) is 0 Å². The minimum absolute atomic E-state index is 0.235. The van der Waals surface area contributed by atoms with Gasteiger partial charge in [0.05, 0.1) is 0 Å². The van der Waals surface area contributed by atoms with E-state index in [-0.39, 0.29) is 5.95 Å². The molecule has 6 heteroatoms. The molecule has 17 heavy (non-hydrogen) atoms. The van der Waals surface area contributed by atoms with Gasteiger partial charge in [-0.2, -0.15) is 4.98 Å². The van der Waals surface area contributed by atoms with Crippen molar-refractivity contribution in [1.29, 1.82) is 0 Å². The van der Waals surface area contributed by atoms with Crippen LogP contribution in [0.2, 0.25) is 5.15 Å². The lowest BCUT2D eigenvalue weighted by Crippen LogP contribution is -2.49. The van der Waals surface area contributed by atoms with Crippen LogP contribution in [-0.4, -0.2) is 47.1 Å². The van der Waals surface area contributed by atoms with E-state index in [1.54, 1.807) is 6.07 Å². The van der Waals surface area contributed by atoms with Crippen LogP contribution in [0.25, 0.3) is 0 Å². The number of nitrogens with two attached hydrogens (primary N) is 1. The lowest BCUT2D eigenvalue weighted by molar-refractivity contribution is 0.209. The molecule has 5 nitrogen and oxygen atoms in total. The lowest BCUT2D eigenvalue weighted by atomic mass is 10.2. The number of rotatable bonds is 2. The highest BCUT2D eigenvalue weighted by Crippen LogP contribution is 2.19. The molecule has 2 rings (SSSR count). The van der Waals surface area contributed by atoms with Crippen molar-refractivity contribution in [1.82, 2.24) is 14.9 Å². The smallest absolute Gasteiger partial charge is 0.223 e. The predicted octanol–water partition coefficient (Wildman–Crippen LogP) is 1.24. The first-order valence-corrected chi connectivity index (χ1v) is 6.23. The summed E-state index contributed by atoms with van der Waals surface area (Å²) in [6, 6.07) is 2.36. The van der Waals surface area contributed by atoms with E-state index in [1.807, 2.05) is 0 Å². The molecular formula is C11H18ClN5. The van der Waals surface area contributed by atoms with Crippen molar-refractivity contribution in [3.8, 4) is 0 Å². The number of halogens is 1. The van der Waals surface area contributed by atoms with Gasteiger partial charge in [-0.05, 0) is 13.8 Å². The molecule has 0 atom stereocenters. The van der Waals surface area contributed by atoms with E-state index < -0.39 is 0 Å². The Bertz CT molecular complexity index is 367. The lowest BCUT2D eigenvalue weighted by Gasteiger charge is -2.37. The first-order valence-electron chi connectivity index (χ1n) is 5.85. The molecule has 2 N–H and O–H groups in total. The standard InChI is InChI=1S/C11H18ClN5/c1-8(2)16-3-5-17(6-4-16)10-7-9(12)14-11(13)15-10/h7-8H,3-6H2,1-2H3,(H2,13,14,15). The van der Waals surface area contributed by atoms with Crippen molar-refractivity contribution in [3.63, 3.8) is 0 Å². The second-order valence-corrected chi connectivity index (χ2v) is 4.91. The van der Waals surface area contributed by atoms with Crippen LogP contribution in [0.4, 0.5) is 11.8 Å². The second-order valence-electron chi connectivity index (χ2n) is 4.52. The third-order valence-electron chi connectivity index (χ3n) is 3.07. The topological polar surface area (TPSA) is 58.3 Å². The Labute approximate surface area is 107 Å². The van der Waals surface area contributed by atoms with E-state index in [0.29, 0.717) is 11.2 Å². The van der Waals surface area contributed by atoms with Crippen LogP contribution in [0.15, 0.2) is 6.07 Å². The van der Waals surface area contributed by atoms with Crippen LogP contribution in [0.1, 0.15) is 13.8 Å². The van der Waals surface area contributed by atoms with Gasteiger partial charge in [-0.1, -0.05) is 11.6 Å². The maximum Gasteiger partial charge on any atom is 0.223 e. The van der Waals surface area contributed by atoms with E-state index in [1.165, 1.54) is 0 Å². The van der Waals surface area contributed by atoms with Gasteiger partial charge in [0.25, 0.3) is 0 Å². The zero-order chi connectivity index (χ0) is 12.4. The van der Waals surface area contributed by atoms with Gasteiger partial charge >= 0.3 is 0 Å². The van der Waals surface area contributed by atoms with Crippen LogP contribution >= 0.6 is 11.6 Å². The molecule has 0 radical (unpaired) electrons. The number of nitrogens with zero attached hydrogens (tertiary/aromatic N) is 4. The van der Waals surface area contributed by atoms with Crippen molar-refractivity contribution in [2.24, 2.45) is 0 Å². The Balaban J connectivity index is 2.05. The molecule has 0 aromatic carbocycles. The highest BCUT2D eigenvalue weighted by Gasteiger charge is 2.20. The van der Waals surface area contributed by atoms with Gasteiger partial charge in [-0.15, -0.1) is 0 Å². The first kappa shape index (κ1) is 12.4. The van der Waals surface area contributed by atoms with E-state index >= 15 is 0 Å².